The summed E-state index contributed by atoms with van der Waals surface area (Å²) in [7, 11) is 0. The smallest absolute Gasteiger partial charge is 0.384 e. The van der Waals surface area contributed by atoms with Gasteiger partial charge in [0.15, 0.2) is 0 Å². The number of carbonyl (C=O) groups excluding carboxylic acids is 1. The molecule has 1 aromatic heterocycles. The highest BCUT2D eigenvalue weighted by Gasteiger charge is 2.30. The highest BCUT2D eigenvalue weighted by Crippen LogP contribution is 2.31. The topological polar surface area (TPSA) is 86.9 Å². The minimum absolute atomic E-state index is 0.277. The largest absolute Gasteiger partial charge is 0.416 e. The average Bonchev–Trinajstić information content (AvgIpc) is 3.16. The minimum atomic E-state index is -4.43. The van der Waals surface area contributed by atoms with Crippen molar-refractivity contribution in [2.24, 2.45) is 5.73 Å². The number of nitrogen functional groups attached to an aromatic ring is 1. The fourth-order valence-electron chi connectivity index (χ4n) is 3.57. The van der Waals surface area contributed by atoms with E-state index in [1.165, 1.54) is 24.4 Å². The first-order valence-electron chi connectivity index (χ1n) is 11.0. The first kappa shape index (κ1) is 26.9. The molecule has 2 aromatic rings. The van der Waals surface area contributed by atoms with E-state index in [0.29, 0.717) is 30.0 Å². The number of aromatic nitrogens is 2. The molecular weight excluding hydrogens is 448 g/mol. The van der Waals surface area contributed by atoms with Gasteiger partial charge in [0.2, 0.25) is 5.91 Å². The lowest BCUT2D eigenvalue weighted by molar-refractivity contribution is -0.137. The molecule has 0 aliphatic carbocycles. The molecule has 0 bridgehead atoms. The summed E-state index contributed by atoms with van der Waals surface area (Å²) in [5.41, 5.74) is 12.7. The summed E-state index contributed by atoms with van der Waals surface area (Å²) in [6, 6.07) is 4.72. The van der Waals surface area contributed by atoms with Crippen LogP contribution in [0.1, 0.15) is 44.1 Å². The molecular formula is C25H30F4N4O. The zero-order valence-electron chi connectivity index (χ0n) is 19.0. The molecule has 0 spiro atoms. The highest BCUT2D eigenvalue weighted by molar-refractivity contribution is 5.73. The lowest BCUT2D eigenvalue weighted by Gasteiger charge is -2.15. The fourth-order valence-corrected chi connectivity index (χ4v) is 3.57. The Bertz CT molecular complexity index is 1020. The van der Waals surface area contributed by atoms with Crippen LogP contribution in [0, 0.1) is 0 Å². The molecule has 1 amide bonds. The van der Waals surface area contributed by atoms with Gasteiger partial charge >= 0.3 is 6.18 Å². The molecule has 0 unspecified atom stereocenters. The maximum Gasteiger partial charge on any atom is 0.416 e. The number of imidazole rings is 1. The van der Waals surface area contributed by atoms with Crippen molar-refractivity contribution in [3.8, 4) is 11.4 Å². The van der Waals surface area contributed by atoms with E-state index in [2.05, 4.69) is 11.6 Å². The number of rotatable bonds is 13. The van der Waals surface area contributed by atoms with Crippen LogP contribution in [0.5, 0.6) is 0 Å². The molecule has 1 aromatic carbocycles. The molecule has 2 rings (SSSR count). The van der Waals surface area contributed by atoms with Crippen molar-refractivity contribution in [2.75, 3.05) is 12.4 Å². The zero-order chi connectivity index (χ0) is 25.1. The maximum atomic E-state index is 12.9. The quantitative estimate of drug-likeness (QED) is 0.211. The molecule has 1 heterocycles. The van der Waals surface area contributed by atoms with Gasteiger partial charge in [-0.3, -0.25) is 4.79 Å². The molecule has 0 fully saturated rings. The predicted molar refractivity (Wildman–Crippen MR) is 126 cm³/mol. The third kappa shape index (κ3) is 7.90. The van der Waals surface area contributed by atoms with E-state index in [1.807, 2.05) is 0 Å². The summed E-state index contributed by atoms with van der Waals surface area (Å²) >= 11 is 0. The number of nitrogens with two attached hydrogens (primary N) is 2. The van der Waals surface area contributed by atoms with Crippen LogP contribution in [0.4, 0.5) is 23.4 Å². The second kappa shape index (κ2) is 12.8. The number of benzene rings is 1. The van der Waals surface area contributed by atoms with Gasteiger partial charge in [0.05, 0.1) is 18.3 Å². The van der Waals surface area contributed by atoms with Gasteiger partial charge in [-0.2, -0.15) is 13.2 Å². The first-order chi connectivity index (χ1) is 16.2. The lowest BCUT2D eigenvalue weighted by Crippen LogP contribution is -2.09. The van der Waals surface area contributed by atoms with Gasteiger partial charge in [-0.1, -0.05) is 49.8 Å². The number of hydrogen-bond acceptors (Lipinski definition) is 3. The van der Waals surface area contributed by atoms with Crippen molar-refractivity contribution < 1.29 is 22.4 Å². The van der Waals surface area contributed by atoms with Crippen LogP contribution in [0.2, 0.25) is 0 Å². The van der Waals surface area contributed by atoms with Crippen molar-refractivity contribution >= 4 is 11.7 Å². The van der Waals surface area contributed by atoms with Gasteiger partial charge in [0.25, 0.3) is 0 Å². The van der Waals surface area contributed by atoms with E-state index in [9.17, 15) is 22.4 Å². The third-order valence-corrected chi connectivity index (χ3v) is 5.37. The molecule has 184 valence electrons. The van der Waals surface area contributed by atoms with E-state index < -0.39 is 18.4 Å². The Labute approximate surface area is 196 Å². The van der Waals surface area contributed by atoms with Crippen molar-refractivity contribution in [3.63, 3.8) is 0 Å². The van der Waals surface area contributed by atoms with Crippen LogP contribution in [0.25, 0.3) is 11.4 Å². The summed E-state index contributed by atoms with van der Waals surface area (Å²) in [6.07, 6.45) is 6.14. The van der Waals surface area contributed by atoms with Gasteiger partial charge in [-0.25, -0.2) is 9.37 Å². The van der Waals surface area contributed by atoms with E-state index in [0.717, 1.165) is 49.0 Å². The van der Waals surface area contributed by atoms with E-state index >= 15 is 0 Å². The van der Waals surface area contributed by atoms with Crippen molar-refractivity contribution in [2.45, 2.75) is 51.2 Å². The van der Waals surface area contributed by atoms with Crippen LogP contribution in [0.15, 0.2) is 66.4 Å². The van der Waals surface area contributed by atoms with Crippen LogP contribution in [0.3, 0.4) is 0 Å². The molecule has 0 saturated heterocycles. The Balaban J connectivity index is 2.24. The highest BCUT2D eigenvalue weighted by atomic mass is 19.4. The normalized spacial score (nSPS) is 12.7. The number of carbonyl (C=O) groups is 1. The monoisotopic (exact) mass is 478 g/mol. The molecule has 0 aliphatic rings. The number of unbranched alkanes of at least 4 members (excludes halogenated alkanes) is 3. The zero-order valence-corrected chi connectivity index (χ0v) is 19.0. The summed E-state index contributed by atoms with van der Waals surface area (Å²) in [4.78, 5) is 15.1. The number of hydrogen-bond donors (Lipinski definition) is 2. The van der Waals surface area contributed by atoms with Crippen LogP contribution in [-0.4, -0.2) is 22.1 Å². The van der Waals surface area contributed by atoms with Gasteiger partial charge in [-0.15, -0.1) is 0 Å². The number of anilines is 1. The van der Waals surface area contributed by atoms with Crippen molar-refractivity contribution in [1.82, 2.24) is 9.55 Å². The Kier molecular flexibility index (Phi) is 10.1. The van der Waals surface area contributed by atoms with E-state index in [-0.39, 0.29) is 12.5 Å². The van der Waals surface area contributed by atoms with Crippen LogP contribution >= 0.6 is 0 Å². The molecule has 0 radical (unpaired) electrons. The number of halogens is 4. The molecule has 9 heteroatoms. The molecule has 34 heavy (non-hydrogen) atoms. The number of alkyl halides is 4. The summed E-state index contributed by atoms with van der Waals surface area (Å²) in [5, 5.41) is 0. The van der Waals surface area contributed by atoms with Crippen molar-refractivity contribution in [1.29, 1.82) is 0 Å². The lowest BCUT2D eigenvalue weighted by atomic mass is 9.99. The second-order valence-electron chi connectivity index (χ2n) is 7.86. The SMILES string of the molecule is C=C/C(Cn1c(N)cnc1-c1ccc(C(F)(F)F)cc1)=C(\C=C/CF)CCCCCCC(N)=O. The number of nitrogens with zero attached hydrogens (tertiary/aromatic N) is 2. The Morgan fingerprint density at radius 3 is 2.26 bits per heavy atom. The molecule has 5 nitrogen and oxygen atoms in total. The number of amides is 1. The van der Waals surface area contributed by atoms with Crippen LogP contribution in [-0.2, 0) is 17.5 Å². The molecule has 0 saturated carbocycles. The standard InChI is InChI=1S/C25H30F4N4O/c1-2-18(19(9-7-15-26)8-5-3-4-6-10-23(31)34)17-33-22(30)16-32-24(33)20-11-13-21(14-12-20)25(27,28)29/h2,7,9,11-14,16H,1,3-6,8,10,15,17,30H2,(H2,31,34)/b9-7-,19-18+. The third-order valence-electron chi connectivity index (χ3n) is 5.37. The second-order valence-corrected chi connectivity index (χ2v) is 7.86. The van der Waals surface area contributed by atoms with E-state index in [1.54, 1.807) is 16.7 Å². The van der Waals surface area contributed by atoms with Gasteiger partial charge in [0.1, 0.15) is 18.3 Å². The molecule has 4 N–H and O–H groups in total. The molecule has 0 aliphatic heterocycles. The number of allylic oxidation sites excluding steroid dienone is 5. The summed E-state index contributed by atoms with van der Waals surface area (Å²) in [5.74, 6) is 0.447. The average molecular weight is 479 g/mol. The van der Waals surface area contributed by atoms with Gasteiger partial charge in [-0.05, 0) is 42.5 Å². The summed E-state index contributed by atoms with van der Waals surface area (Å²) < 4.78 is 53.2. The Morgan fingerprint density at radius 1 is 1.06 bits per heavy atom. The molecule has 0 atom stereocenters. The fraction of sp³-hybridized carbons (Fsp3) is 0.360. The van der Waals surface area contributed by atoms with Gasteiger partial charge in [0, 0.05) is 12.0 Å². The van der Waals surface area contributed by atoms with E-state index in [4.69, 9.17) is 11.5 Å². The summed E-state index contributed by atoms with van der Waals surface area (Å²) in [6.45, 7) is 3.54. The Hall–Kier alpha value is -3.36. The van der Waals surface area contributed by atoms with Crippen molar-refractivity contribution in [3.05, 3.63) is 72.0 Å². The number of primary amides is 1. The van der Waals surface area contributed by atoms with Gasteiger partial charge < -0.3 is 16.0 Å². The predicted octanol–water partition coefficient (Wildman–Crippen LogP) is 5.99. The Morgan fingerprint density at radius 2 is 1.71 bits per heavy atom. The minimum Gasteiger partial charge on any atom is -0.384 e. The maximum absolute atomic E-state index is 12.9. The first-order valence-corrected chi connectivity index (χ1v) is 11.0. The van der Waals surface area contributed by atoms with Crippen LogP contribution < -0.4 is 11.5 Å².